The van der Waals surface area contributed by atoms with Gasteiger partial charge in [0.05, 0.1) is 5.92 Å². The predicted octanol–water partition coefficient (Wildman–Crippen LogP) is 2.72. The molecule has 4 nitrogen and oxygen atoms in total. The lowest BCUT2D eigenvalue weighted by Crippen LogP contribution is -2.40. The summed E-state index contributed by atoms with van der Waals surface area (Å²) in [5, 5.41) is 11.2. The van der Waals surface area contributed by atoms with Crippen LogP contribution in [-0.4, -0.2) is 29.2 Å². The molecule has 1 amide bonds. The van der Waals surface area contributed by atoms with Gasteiger partial charge in [-0.1, -0.05) is 0 Å². The Labute approximate surface area is 115 Å². The second-order valence-corrected chi connectivity index (χ2v) is 5.43. The van der Waals surface area contributed by atoms with Crippen LogP contribution in [0.5, 0.6) is 0 Å². The Morgan fingerprint density at radius 2 is 1.80 bits per heavy atom. The molecule has 1 atom stereocenters. The fraction of sp³-hybridized carbons (Fsp3) is 0.846. The lowest BCUT2D eigenvalue weighted by atomic mass is 9.81. The van der Waals surface area contributed by atoms with Crippen molar-refractivity contribution >= 4 is 11.9 Å². The van der Waals surface area contributed by atoms with E-state index in [4.69, 9.17) is 5.11 Å². The van der Waals surface area contributed by atoms with Crippen molar-refractivity contribution in [2.75, 3.05) is 0 Å². The number of hydrogen-bond acceptors (Lipinski definition) is 2. The van der Waals surface area contributed by atoms with E-state index < -0.39 is 18.1 Å². The highest BCUT2D eigenvalue weighted by atomic mass is 19.4. The molecular formula is C13H20F3NO3. The fourth-order valence-corrected chi connectivity index (χ4v) is 2.46. The molecule has 2 N–H and O–H groups in total. The molecule has 20 heavy (non-hydrogen) atoms. The molecule has 0 saturated heterocycles. The summed E-state index contributed by atoms with van der Waals surface area (Å²) in [4.78, 5) is 22.3. The number of hydrogen-bond donors (Lipinski definition) is 2. The SMILES string of the molecule is CC(CCC(=O)O)NC(=O)C1CCC(C(F)(F)F)CC1. The van der Waals surface area contributed by atoms with E-state index in [-0.39, 0.29) is 50.0 Å². The highest BCUT2D eigenvalue weighted by Gasteiger charge is 2.42. The normalized spacial score (nSPS) is 25.0. The lowest BCUT2D eigenvalue weighted by molar-refractivity contribution is -0.184. The minimum absolute atomic E-state index is 0.00884. The Kier molecular flexibility index (Phi) is 5.83. The molecule has 0 aliphatic heterocycles. The summed E-state index contributed by atoms with van der Waals surface area (Å²) in [6, 6.07) is -0.279. The number of carboxylic acid groups (broad SMARTS) is 1. The third kappa shape index (κ3) is 5.38. The predicted molar refractivity (Wildman–Crippen MR) is 66.0 cm³/mol. The average molecular weight is 295 g/mol. The van der Waals surface area contributed by atoms with E-state index in [9.17, 15) is 22.8 Å². The second-order valence-electron chi connectivity index (χ2n) is 5.43. The van der Waals surface area contributed by atoms with E-state index in [1.165, 1.54) is 0 Å². The summed E-state index contributed by atoms with van der Waals surface area (Å²) in [7, 11) is 0. The lowest BCUT2D eigenvalue weighted by Gasteiger charge is -2.29. The number of alkyl halides is 3. The van der Waals surface area contributed by atoms with Crippen LogP contribution in [0, 0.1) is 11.8 Å². The first-order valence-corrected chi connectivity index (χ1v) is 6.79. The van der Waals surface area contributed by atoms with Crippen molar-refractivity contribution in [3.05, 3.63) is 0 Å². The van der Waals surface area contributed by atoms with Gasteiger partial charge in [-0.3, -0.25) is 9.59 Å². The molecule has 1 fully saturated rings. The zero-order chi connectivity index (χ0) is 15.3. The van der Waals surface area contributed by atoms with E-state index in [1.54, 1.807) is 6.92 Å². The molecule has 1 rings (SSSR count). The van der Waals surface area contributed by atoms with E-state index >= 15 is 0 Å². The number of nitrogens with one attached hydrogen (secondary N) is 1. The van der Waals surface area contributed by atoms with Gasteiger partial charge < -0.3 is 10.4 Å². The van der Waals surface area contributed by atoms with Gasteiger partial charge in [0.1, 0.15) is 0 Å². The molecule has 1 unspecified atom stereocenters. The smallest absolute Gasteiger partial charge is 0.391 e. The third-order valence-electron chi connectivity index (χ3n) is 3.74. The second kappa shape index (κ2) is 6.95. The summed E-state index contributed by atoms with van der Waals surface area (Å²) in [6.07, 6.45) is -3.43. The molecule has 7 heteroatoms. The van der Waals surface area contributed by atoms with E-state index in [1.807, 2.05) is 0 Å². The van der Waals surface area contributed by atoms with Crippen molar-refractivity contribution in [3.8, 4) is 0 Å². The van der Waals surface area contributed by atoms with Crippen molar-refractivity contribution in [2.24, 2.45) is 11.8 Å². The molecular weight excluding hydrogens is 275 g/mol. The van der Waals surface area contributed by atoms with Crippen molar-refractivity contribution in [1.29, 1.82) is 0 Å². The highest BCUT2D eigenvalue weighted by molar-refractivity contribution is 5.79. The highest BCUT2D eigenvalue weighted by Crippen LogP contribution is 2.39. The molecule has 0 spiro atoms. The topological polar surface area (TPSA) is 66.4 Å². The quantitative estimate of drug-likeness (QED) is 0.819. The van der Waals surface area contributed by atoms with Crippen LogP contribution in [0.25, 0.3) is 0 Å². The van der Waals surface area contributed by atoms with Gasteiger partial charge >= 0.3 is 12.1 Å². The minimum atomic E-state index is -4.17. The first kappa shape index (κ1) is 16.8. The molecule has 0 bridgehead atoms. The third-order valence-corrected chi connectivity index (χ3v) is 3.74. The zero-order valence-electron chi connectivity index (χ0n) is 11.4. The molecule has 0 heterocycles. The summed E-state index contributed by atoms with van der Waals surface area (Å²) >= 11 is 0. The standard InChI is InChI=1S/C13H20F3NO3/c1-8(2-7-11(18)19)17-12(20)9-3-5-10(6-4-9)13(14,15)16/h8-10H,2-7H2,1H3,(H,17,20)(H,18,19). The Bertz CT molecular complexity index is 349. The van der Waals surface area contributed by atoms with Gasteiger partial charge in [0.25, 0.3) is 0 Å². The van der Waals surface area contributed by atoms with E-state index in [0.29, 0.717) is 6.42 Å². The van der Waals surface area contributed by atoms with E-state index in [0.717, 1.165) is 0 Å². The number of rotatable bonds is 5. The van der Waals surface area contributed by atoms with Crippen LogP contribution in [0.1, 0.15) is 45.4 Å². The molecule has 0 radical (unpaired) electrons. The Hall–Kier alpha value is -1.27. The first-order valence-electron chi connectivity index (χ1n) is 6.79. The summed E-state index contributed by atoms with van der Waals surface area (Å²) in [6.45, 7) is 1.70. The van der Waals surface area contributed by atoms with Gasteiger partial charge in [-0.15, -0.1) is 0 Å². The van der Waals surface area contributed by atoms with Gasteiger partial charge in [0, 0.05) is 18.4 Å². The largest absolute Gasteiger partial charge is 0.481 e. The number of carboxylic acids is 1. The number of carbonyl (C=O) groups is 2. The number of halogens is 3. The maximum atomic E-state index is 12.5. The Balaban J connectivity index is 2.34. The maximum Gasteiger partial charge on any atom is 0.391 e. The van der Waals surface area contributed by atoms with Crippen molar-refractivity contribution in [2.45, 2.75) is 57.7 Å². The van der Waals surface area contributed by atoms with E-state index in [2.05, 4.69) is 5.32 Å². The molecule has 0 aromatic carbocycles. The molecule has 0 aromatic rings. The van der Waals surface area contributed by atoms with Gasteiger partial charge in [0.2, 0.25) is 5.91 Å². The fourth-order valence-electron chi connectivity index (χ4n) is 2.46. The molecule has 1 saturated carbocycles. The van der Waals surface area contributed by atoms with Crippen LogP contribution in [0.2, 0.25) is 0 Å². The van der Waals surface area contributed by atoms with Crippen LogP contribution >= 0.6 is 0 Å². The average Bonchev–Trinajstić information content (AvgIpc) is 2.35. The van der Waals surface area contributed by atoms with Crippen molar-refractivity contribution in [1.82, 2.24) is 5.32 Å². The number of aliphatic carboxylic acids is 1. The first-order chi connectivity index (χ1) is 9.20. The van der Waals surface area contributed by atoms with Gasteiger partial charge in [-0.25, -0.2) is 0 Å². The summed E-state index contributed by atoms with van der Waals surface area (Å²) in [5.41, 5.74) is 0. The van der Waals surface area contributed by atoms with Crippen molar-refractivity contribution < 1.29 is 27.9 Å². The Morgan fingerprint density at radius 1 is 1.25 bits per heavy atom. The van der Waals surface area contributed by atoms with Crippen molar-refractivity contribution in [3.63, 3.8) is 0 Å². The van der Waals surface area contributed by atoms with Crippen LogP contribution in [-0.2, 0) is 9.59 Å². The van der Waals surface area contributed by atoms with Crippen LogP contribution in [0.3, 0.4) is 0 Å². The summed E-state index contributed by atoms with van der Waals surface area (Å²) in [5.74, 6) is -2.88. The molecule has 0 aromatic heterocycles. The van der Waals surface area contributed by atoms with Crippen LogP contribution < -0.4 is 5.32 Å². The number of carbonyl (C=O) groups excluding carboxylic acids is 1. The summed E-state index contributed by atoms with van der Waals surface area (Å²) < 4.78 is 37.5. The van der Waals surface area contributed by atoms with Gasteiger partial charge in [-0.05, 0) is 39.0 Å². The van der Waals surface area contributed by atoms with Crippen LogP contribution in [0.15, 0.2) is 0 Å². The van der Waals surface area contributed by atoms with Gasteiger partial charge in [-0.2, -0.15) is 13.2 Å². The van der Waals surface area contributed by atoms with Gasteiger partial charge in [0.15, 0.2) is 0 Å². The minimum Gasteiger partial charge on any atom is -0.481 e. The monoisotopic (exact) mass is 295 g/mol. The molecule has 116 valence electrons. The number of amides is 1. The molecule has 1 aliphatic rings. The Morgan fingerprint density at radius 3 is 2.25 bits per heavy atom. The zero-order valence-corrected chi connectivity index (χ0v) is 11.4. The van der Waals surface area contributed by atoms with Crippen LogP contribution in [0.4, 0.5) is 13.2 Å². The molecule has 1 aliphatic carbocycles. The maximum absolute atomic E-state index is 12.5.